The summed E-state index contributed by atoms with van der Waals surface area (Å²) < 4.78 is 10.9. The molecule has 0 spiro atoms. The maximum Gasteiger partial charge on any atom is 0.319 e. The van der Waals surface area contributed by atoms with Crippen molar-refractivity contribution in [1.29, 1.82) is 0 Å². The molecule has 0 unspecified atom stereocenters. The Morgan fingerprint density at radius 3 is 2.72 bits per heavy atom. The van der Waals surface area contributed by atoms with Crippen LogP contribution in [-0.4, -0.2) is 53.3 Å². The van der Waals surface area contributed by atoms with Gasteiger partial charge in [-0.25, -0.2) is 4.98 Å². The van der Waals surface area contributed by atoms with Crippen molar-refractivity contribution in [2.45, 2.75) is 23.8 Å². The molecule has 2 heterocycles. The fourth-order valence-corrected chi connectivity index (χ4v) is 3.42. The van der Waals surface area contributed by atoms with Crippen molar-refractivity contribution in [3.63, 3.8) is 0 Å². The van der Waals surface area contributed by atoms with Gasteiger partial charge in [-0.1, -0.05) is 12.1 Å². The maximum absolute atomic E-state index is 12.8. The van der Waals surface area contributed by atoms with E-state index >= 15 is 0 Å². The summed E-state index contributed by atoms with van der Waals surface area (Å²) in [6.45, 7) is 1.35. The molecule has 0 atom stereocenters. The monoisotopic (exact) mass is 359 g/mol. The molecule has 1 aliphatic heterocycles. The number of nitrogens with zero attached hydrogens (tertiary/aromatic N) is 3. The van der Waals surface area contributed by atoms with Crippen molar-refractivity contribution in [2.75, 3.05) is 26.5 Å². The first-order chi connectivity index (χ1) is 12.2. The lowest BCUT2D eigenvalue weighted by molar-refractivity contribution is 0.0583. The number of carbonyl (C=O) groups excluding carboxylic acids is 1. The molecule has 0 saturated carbocycles. The summed E-state index contributed by atoms with van der Waals surface area (Å²) in [5, 5.41) is 0. The molecular weight excluding hydrogens is 338 g/mol. The van der Waals surface area contributed by atoms with E-state index in [0.29, 0.717) is 25.0 Å². The molecule has 1 aromatic heterocycles. The molecule has 1 aromatic carbocycles. The number of piperidine rings is 1. The molecule has 0 N–H and O–H groups in total. The standard InChI is InChI=1S/C18H21N3O3S/c1-23-18-19-10-7-16(20-18)24-13-8-11-21(12-9-13)17(22)14-5-3-4-6-15(14)25-2/h3-7,10,13H,8-9,11-12H2,1-2H3. The Morgan fingerprint density at radius 2 is 2.00 bits per heavy atom. The van der Waals surface area contributed by atoms with Crippen LogP contribution in [0.5, 0.6) is 11.9 Å². The van der Waals surface area contributed by atoms with Gasteiger partial charge < -0.3 is 14.4 Å². The predicted molar refractivity (Wildman–Crippen MR) is 96.4 cm³/mol. The molecule has 0 aliphatic carbocycles. The molecule has 1 amide bonds. The molecule has 1 saturated heterocycles. The SMILES string of the molecule is COc1nccc(OC2CCN(C(=O)c3ccccc3SC)CC2)n1. The van der Waals surface area contributed by atoms with Crippen LogP contribution in [0.2, 0.25) is 0 Å². The second kappa shape index (κ2) is 8.20. The summed E-state index contributed by atoms with van der Waals surface area (Å²) in [6, 6.07) is 9.75. The number of thioether (sulfide) groups is 1. The number of benzene rings is 1. The van der Waals surface area contributed by atoms with Crippen molar-refractivity contribution in [2.24, 2.45) is 0 Å². The number of likely N-dealkylation sites (tertiary alicyclic amines) is 1. The molecule has 132 valence electrons. The highest BCUT2D eigenvalue weighted by atomic mass is 32.2. The fraction of sp³-hybridized carbons (Fsp3) is 0.389. The number of carbonyl (C=O) groups is 1. The zero-order chi connectivity index (χ0) is 17.6. The highest BCUT2D eigenvalue weighted by Crippen LogP contribution is 2.24. The Labute approximate surface area is 151 Å². The van der Waals surface area contributed by atoms with Gasteiger partial charge in [0.15, 0.2) is 0 Å². The minimum absolute atomic E-state index is 0.0412. The van der Waals surface area contributed by atoms with Crippen LogP contribution in [0.4, 0.5) is 0 Å². The summed E-state index contributed by atoms with van der Waals surface area (Å²) >= 11 is 1.60. The van der Waals surface area contributed by atoms with E-state index in [1.807, 2.05) is 35.4 Å². The second-order valence-corrected chi connectivity index (χ2v) is 6.54. The van der Waals surface area contributed by atoms with Gasteiger partial charge in [0.25, 0.3) is 5.91 Å². The van der Waals surface area contributed by atoms with E-state index in [9.17, 15) is 4.79 Å². The van der Waals surface area contributed by atoms with Gasteiger partial charge in [0.1, 0.15) is 6.10 Å². The third-order valence-electron chi connectivity index (χ3n) is 4.14. The number of amides is 1. The van der Waals surface area contributed by atoms with E-state index in [1.165, 1.54) is 7.11 Å². The van der Waals surface area contributed by atoms with Gasteiger partial charge in [-0.05, 0) is 18.4 Å². The molecule has 0 bridgehead atoms. The highest BCUT2D eigenvalue weighted by Gasteiger charge is 2.26. The Bertz CT molecular complexity index is 733. The van der Waals surface area contributed by atoms with Crippen molar-refractivity contribution in [1.82, 2.24) is 14.9 Å². The summed E-state index contributed by atoms with van der Waals surface area (Å²) in [5.41, 5.74) is 0.773. The van der Waals surface area contributed by atoms with Gasteiger partial charge in [0, 0.05) is 43.1 Å². The molecule has 7 heteroatoms. The van der Waals surface area contributed by atoms with Crippen molar-refractivity contribution in [3.8, 4) is 11.9 Å². The summed E-state index contributed by atoms with van der Waals surface area (Å²) in [6.07, 6.45) is 5.19. The third-order valence-corrected chi connectivity index (χ3v) is 4.94. The Morgan fingerprint density at radius 1 is 1.24 bits per heavy atom. The summed E-state index contributed by atoms with van der Waals surface area (Å²) in [5.74, 6) is 0.594. The van der Waals surface area contributed by atoms with Gasteiger partial charge in [-0.15, -0.1) is 11.8 Å². The molecule has 2 aromatic rings. The van der Waals surface area contributed by atoms with Crippen LogP contribution in [0.15, 0.2) is 41.4 Å². The van der Waals surface area contributed by atoms with Crippen LogP contribution in [0.1, 0.15) is 23.2 Å². The number of aromatic nitrogens is 2. The predicted octanol–water partition coefficient (Wildman–Crippen LogP) is 2.89. The topological polar surface area (TPSA) is 64.6 Å². The maximum atomic E-state index is 12.8. The minimum Gasteiger partial charge on any atom is -0.474 e. The second-order valence-electron chi connectivity index (χ2n) is 5.69. The Hall–Kier alpha value is -2.28. The zero-order valence-electron chi connectivity index (χ0n) is 14.3. The number of methoxy groups -OCH3 is 1. The van der Waals surface area contributed by atoms with Crippen molar-refractivity contribution >= 4 is 17.7 Å². The first-order valence-electron chi connectivity index (χ1n) is 8.17. The van der Waals surface area contributed by atoms with Crippen molar-refractivity contribution in [3.05, 3.63) is 42.1 Å². The average molecular weight is 359 g/mol. The molecule has 3 rings (SSSR count). The van der Waals surface area contributed by atoms with Crippen LogP contribution in [0.3, 0.4) is 0 Å². The molecule has 1 fully saturated rings. The van der Waals surface area contributed by atoms with Crippen LogP contribution in [-0.2, 0) is 0 Å². The van der Waals surface area contributed by atoms with E-state index in [-0.39, 0.29) is 12.0 Å². The van der Waals surface area contributed by atoms with Gasteiger partial charge in [-0.2, -0.15) is 4.98 Å². The molecular formula is C18H21N3O3S. The van der Waals surface area contributed by atoms with E-state index in [0.717, 1.165) is 23.3 Å². The average Bonchev–Trinajstić information content (AvgIpc) is 2.68. The number of ether oxygens (including phenoxy) is 2. The van der Waals surface area contributed by atoms with E-state index in [1.54, 1.807) is 24.0 Å². The van der Waals surface area contributed by atoms with Gasteiger partial charge >= 0.3 is 6.01 Å². The lowest BCUT2D eigenvalue weighted by Gasteiger charge is -2.32. The highest BCUT2D eigenvalue weighted by molar-refractivity contribution is 7.98. The Kier molecular flexibility index (Phi) is 5.75. The number of hydrogen-bond acceptors (Lipinski definition) is 6. The number of rotatable bonds is 5. The normalized spacial score (nSPS) is 15.0. The van der Waals surface area contributed by atoms with Crippen LogP contribution in [0, 0.1) is 0 Å². The Balaban J connectivity index is 1.59. The van der Waals surface area contributed by atoms with E-state index < -0.39 is 0 Å². The van der Waals surface area contributed by atoms with Crippen molar-refractivity contribution < 1.29 is 14.3 Å². The summed E-state index contributed by atoms with van der Waals surface area (Å²) in [7, 11) is 1.52. The number of hydrogen-bond donors (Lipinski definition) is 0. The van der Waals surface area contributed by atoms with Crippen LogP contribution in [0.25, 0.3) is 0 Å². The van der Waals surface area contributed by atoms with Crippen LogP contribution >= 0.6 is 11.8 Å². The molecule has 0 radical (unpaired) electrons. The first kappa shape index (κ1) is 17.5. The molecule has 25 heavy (non-hydrogen) atoms. The fourth-order valence-electron chi connectivity index (χ4n) is 2.83. The van der Waals surface area contributed by atoms with Gasteiger partial charge in [0.2, 0.25) is 5.88 Å². The van der Waals surface area contributed by atoms with Gasteiger partial charge in [0.05, 0.1) is 12.7 Å². The summed E-state index contributed by atoms with van der Waals surface area (Å²) in [4.78, 5) is 23.8. The zero-order valence-corrected chi connectivity index (χ0v) is 15.2. The third kappa shape index (κ3) is 4.22. The molecule has 1 aliphatic rings. The van der Waals surface area contributed by atoms with E-state index in [2.05, 4.69) is 9.97 Å². The lowest BCUT2D eigenvalue weighted by atomic mass is 10.1. The lowest BCUT2D eigenvalue weighted by Crippen LogP contribution is -2.42. The quantitative estimate of drug-likeness (QED) is 0.765. The molecule has 6 nitrogen and oxygen atoms in total. The van der Waals surface area contributed by atoms with E-state index in [4.69, 9.17) is 9.47 Å². The minimum atomic E-state index is 0.0412. The van der Waals surface area contributed by atoms with Crippen LogP contribution < -0.4 is 9.47 Å². The first-order valence-corrected chi connectivity index (χ1v) is 9.39. The van der Waals surface area contributed by atoms with Gasteiger partial charge in [-0.3, -0.25) is 4.79 Å². The largest absolute Gasteiger partial charge is 0.474 e. The smallest absolute Gasteiger partial charge is 0.319 e.